The van der Waals surface area contributed by atoms with Crippen LogP contribution in [0.2, 0.25) is 0 Å². The summed E-state index contributed by atoms with van der Waals surface area (Å²) in [4.78, 5) is 11.4. The van der Waals surface area contributed by atoms with Crippen LogP contribution < -0.4 is 4.74 Å². The predicted octanol–water partition coefficient (Wildman–Crippen LogP) is 3.79. The first-order chi connectivity index (χ1) is 9.50. The average molecular weight is 270 g/mol. The molecule has 0 saturated heterocycles. The molecular weight excluding hydrogens is 252 g/mol. The molecule has 0 aromatic heterocycles. The number of ether oxygens (including phenoxy) is 1. The Labute approximate surface area is 118 Å². The number of aryl methyl sites for hydroxylation is 1. The standard InChI is InChI=1S/C17H18O3/c1-11-6-4-5-7-14(11)10-20-16-9-8-15(13(3)18)17(19)12(16)2/h4-9,19H,10H2,1-3H3. The normalized spacial score (nSPS) is 10.3. The van der Waals surface area contributed by atoms with E-state index in [0.717, 1.165) is 11.1 Å². The van der Waals surface area contributed by atoms with E-state index in [4.69, 9.17) is 4.74 Å². The third-order valence-electron chi connectivity index (χ3n) is 3.41. The first-order valence-electron chi connectivity index (χ1n) is 6.51. The zero-order valence-electron chi connectivity index (χ0n) is 11.9. The molecular formula is C17H18O3. The van der Waals surface area contributed by atoms with Gasteiger partial charge in [-0.2, -0.15) is 0 Å². The first-order valence-corrected chi connectivity index (χ1v) is 6.51. The van der Waals surface area contributed by atoms with Gasteiger partial charge in [0.05, 0.1) is 5.56 Å². The van der Waals surface area contributed by atoms with Crippen molar-refractivity contribution in [2.45, 2.75) is 27.4 Å². The summed E-state index contributed by atoms with van der Waals surface area (Å²) in [6, 6.07) is 11.3. The number of phenolic OH excluding ortho intramolecular Hbond substituents is 1. The number of carbonyl (C=O) groups is 1. The van der Waals surface area contributed by atoms with E-state index in [2.05, 4.69) is 0 Å². The zero-order chi connectivity index (χ0) is 14.7. The number of Topliss-reactive ketones (excluding diaryl/α,β-unsaturated/α-hetero) is 1. The van der Waals surface area contributed by atoms with Crippen LogP contribution in [0.15, 0.2) is 36.4 Å². The fourth-order valence-corrected chi connectivity index (χ4v) is 2.05. The molecule has 0 aliphatic rings. The summed E-state index contributed by atoms with van der Waals surface area (Å²) in [7, 11) is 0. The Morgan fingerprint density at radius 3 is 2.50 bits per heavy atom. The Kier molecular flexibility index (Phi) is 4.08. The minimum Gasteiger partial charge on any atom is -0.507 e. The summed E-state index contributed by atoms with van der Waals surface area (Å²) in [5.74, 6) is 0.437. The lowest BCUT2D eigenvalue weighted by molar-refractivity contribution is 0.101. The Morgan fingerprint density at radius 2 is 1.85 bits per heavy atom. The second-order valence-corrected chi connectivity index (χ2v) is 4.86. The minimum absolute atomic E-state index is 0.000200. The van der Waals surface area contributed by atoms with Crippen molar-refractivity contribution in [3.8, 4) is 11.5 Å². The van der Waals surface area contributed by atoms with E-state index in [0.29, 0.717) is 23.5 Å². The molecule has 20 heavy (non-hydrogen) atoms. The van der Waals surface area contributed by atoms with Gasteiger partial charge in [0.2, 0.25) is 0 Å². The maximum Gasteiger partial charge on any atom is 0.163 e. The third-order valence-corrected chi connectivity index (χ3v) is 3.41. The van der Waals surface area contributed by atoms with Crippen molar-refractivity contribution in [3.05, 3.63) is 58.7 Å². The minimum atomic E-state index is -0.156. The molecule has 2 aromatic rings. The van der Waals surface area contributed by atoms with Crippen LogP contribution in [0.1, 0.15) is 34.0 Å². The summed E-state index contributed by atoms with van der Waals surface area (Å²) in [5, 5.41) is 10.00. The SMILES string of the molecule is CC(=O)c1ccc(OCc2ccccc2C)c(C)c1O. The van der Waals surface area contributed by atoms with Crippen molar-refractivity contribution in [2.75, 3.05) is 0 Å². The zero-order valence-corrected chi connectivity index (χ0v) is 11.9. The molecule has 3 heteroatoms. The van der Waals surface area contributed by atoms with Gasteiger partial charge in [-0.1, -0.05) is 24.3 Å². The smallest absolute Gasteiger partial charge is 0.163 e. The second-order valence-electron chi connectivity index (χ2n) is 4.86. The Bertz CT molecular complexity index is 645. The van der Waals surface area contributed by atoms with Gasteiger partial charge in [0, 0.05) is 5.56 Å². The molecule has 104 valence electrons. The van der Waals surface area contributed by atoms with Crippen LogP contribution in [0.25, 0.3) is 0 Å². The molecule has 0 unspecified atom stereocenters. The monoisotopic (exact) mass is 270 g/mol. The van der Waals surface area contributed by atoms with Crippen LogP contribution in [0.5, 0.6) is 11.5 Å². The van der Waals surface area contributed by atoms with Crippen molar-refractivity contribution < 1.29 is 14.6 Å². The molecule has 0 aliphatic heterocycles. The maximum atomic E-state index is 11.4. The van der Waals surface area contributed by atoms with Gasteiger partial charge in [0.25, 0.3) is 0 Å². The van der Waals surface area contributed by atoms with Crippen molar-refractivity contribution in [1.29, 1.82) is 0 Å². The molecule has 0 spiro atoms. The van der Waals surface area contributed by atoms with Crippen LogP contribution in [0.3, 0.4) is 0 Å². The van der Waals surface area contributed by atoms with Crippen LogP contribution in [0.4, 0.5) is 0 Å². The third kappa shape index (κ3) is 2.82. The van der Waals surface area contributed by atoms with Crippen LogP contribution in [-0.2, 0) is 6.61 Å². The average Bonchev–Trinajstić information content (AvgIpc) is 2.41. The quantitative estimate of drug-likeness (QED) is 0.860. The van der Waals surface area contributed by atoms with Gasteiger partial charge in [-0.05, 0) is 44.0 Å². The lowest BCUT2D eigenvalue weighted by atomic mass is 10.1. The van der Waals surface area contributed by atoms with E-state index in [1.54, 1.807) is 19.1 Å². The number of carbonyl (C=O) groups excluding carboxylic acids is 1. The maximum absolute atomic E-state index is 11.4. The fraction of sp³-hybridized carbons (Fsp3) is 0.235. The van der Waals surface area contributed by atoms with Gasteiger partial charge in [-0.25, -0.2) is 0 Å². The molecule has 2 aromatic carbocycles. The van der Waals surface area contributed by atoms with Crippen molar-refractivity contribution in [3.63, 3.8) is 0 Å². The highest BCUT2D eigenvalue weighted by Gasteiger charge is 2.13. The van der Waals surface area contributed by atoms with Crippen LogP contribution in [-0.4, -0.2) is 10.9 Å². The highest BCUT2D eigenvalue weighted by molar-refractivity contribution is 5.97. The summed E-state index contributed by atoms with van der Waals surface area (Å²) in [6.07, 6.45) is 0. The molecule has 2 rings (SSSR count). The van der Waals surface area contributed by atoms with Gasteiger partial charge in [0.1, 0.15) is 18.1 Å². The lowest BCUT2D eigenvalue weighted by Gasteiger charge is -2.13. The molecule has 0 aliphatic carbocycles. The van der Waals surface area contributed by atoms with E-state index >= 15 is 0 Å². The number of rotatable bonds is 4. The Balaban J connectivity index is 2.21. The van der Waals surface area contributed by atoms with Crippen LogP contribution in [0, 0.1) is 13.8 Å². The first kappa shape index (κ1) is 14.1. The summed E-state index contributed by atoms with van der Waals surface area (Å²) in [6.45, 7) is 5.64. The predicted molar refractivity (Wildman–Crippen MR) is 78.4 cm³/mol. The van der Waals surface area contributed by atoms with Crippen molar-refractivity contribution >= 4 is 5.78 Å². The summed E-state index contributed by atoms with van der Waals surface area (Å²) in [5.41, 5.74) is 3.17. The van der Waals surface area contributed by atoms with Crippen molar-refractivity contribution in [2.24, 2.45) is 0 Å². The molecule has 0 radical (unpaired) electrons. The van der Waals surface area contributed by atoms with Gasteiger partial charge in [0.15, 0.2) is 5.78 Å². The molecule has 1 N–H and O–H groups in total. The van der Waals surface area contributed by atoms with E-state index < -0.39 is 0 Å². The number of hydrogen-bond donors (Lipinski definition) is 1. The molecule has 0 heterocycles. The Morgan fingerprint density at radius 1 is 1.15 bits per heavy atom. The Hall–Kier alpha value is -2.29. The largest absolute Gasteiger partial charge is 0.507 e. The number of hydrogen-bond acceptors (Lipinski definition) is 3. The number of benzene rings is 2. The highest BCUT2D eigenvalue weighted by Crippen LogP contribution is 2.31. The van der Waals surface area contributed by atoms with Crippen molar-refractivity contribution in [1.82, 2.24) is 0 Å². The molecule has 0 saturated carbocycles. The van der Waals surface area contributed by atoms with E-state index in [1.165, 1.54) is 6.92 Å². The van der Waals surface area contributed by atoms with Crippen LogP contribution >= 0.6 is 0 Å². The lowest BCUT2D eigenvalue weighted by Crippen LogP contribution is -2.01. The van der Waals surface area contributed by atoms with E-state index in [9.17, 15) is 9.90 Å². The van der Waals surface area contributed by atoms with Gasteiger partial charge in [-0.15, -0.1) is 0 Å². The van der Waals surface area contributed by atoms with Gasteiger partial charge in [-0.3, -0.25) is 4.79 Å². The van der Waals surface area contributed by atoms with E-state index in [1.807, 2.05) is 31.2 Å². The number of phenols is 1. The number of aromatic hydroxyl groups is 1. The summed E-state index contributed by atoms with van der Waals surface area (Å²) >= 11 is 0. The van der Waals surface area contributed by atoms with Gasteiger partial charge >= 0.3 is 0 Å². The number of ketones is 1. The molecule has 0 bridgehead atoms. The fourth-order valence-electron chi connectivity index (χ4n) is 2.05. The molecule has 0 fully saturated rings. The highest BCUT2D eigenvalue weighted by atomic mass is 16.5. The molecule has 3 nitrogen and oxygen atoms in total. The topological polar surface area (TPSA) is 46.5 Å². The second kappa shape index (κ2) is 5.78. The molecule has 0 amide bonds. The summed E-state index contributed by atoms with van der Waals surface area (Å²) < 4.78 is 5.75. The van der Waals surface area contributed by atoms with E-state index in [-0.39, 0.29) is 11.5 Å². The molecule has 0 atom stereocenters. The van der Waals surface area contributed by atoms with Gasteiger partial charge < -0.3 is 9.84 Å².